The lowest BCUT2D eigenvalue weighted by Gasteiger charge is -2.11. The molecule has 4 aromatic heterocycles. The third kappa shape index (κ3) is 5.22. The van der Waals surface area contributed by atoms with Crippen LogP contribution in [0.4, 0.5) is 0 Å². The zero-order valence-corrected chi connectivity index (χ0v) is 31.9. The summed E-state index contributed by atoms with van der Waals surface area (Å²) in [5.41, 5.74) is 9.32. The third-order valence-electron chi connectivity index (χ3n) is 11.0. The summed E-state index contributed by atoms with van der Waals surface area (Å²) < 4.78 is 11.8. The molecular weight excluding hydrogens is 735 g/mol. The molecule has 0 saturated heterocycles. The van der Waals surface area contributed by atoms with Crippen molar-refractivity contribution in [3.8, 4) is 56.4 Å². The molecule has 0 radical (unpaired) electrons. The van der Waals surface area contributed by atoms with Crippen molar-refractivity contribution in [2.24, 2.45) is 0 Å². The largest absolute Gasteiger partial charge is 0.456 e. The second-order valence-corrected chi connectivity index (χ2v) is 16.4. The average Bonchev–Trinajstić information content (AvgIpc) is 3.98. The van der Waals surface area contributed by atoms with E-state index in [4.69, 9.17) is 19.4 Å². The van der Waals surface area contributed by atoms with Gasteiger partial charge in [0.15, 0.2) is 17.5 Å². The lowest BCUT2D eigenvalue weighted by molar-refractivity contribution is 0.669. The first-order valence-corrected chi connectivity index (χ1v) is 20.6. The van der Waals surface area contributed by atoms with Crippen molar-refractivity contribution in [3.63, 3.8) is 0 Å². The maximum absolute atomic E-state index is 6.55. The molecule has 0 bridgehead atoms. The van der Waals surface area contributed by atoms with Gasteiger partial charge in [0, 0.05) is 78.9 Å². The van der Waals surface area contributed by atoms with Crippen LogP contribution in [0.5, 0.6) is 0 Å². The molecule has 4 nitrogen and oxygen atoms in total. The second-order valence-electron chi connectivity index (χ2n) is 14.3. The van der Waals surface area contributed by atoms with Gasteiger partial charge >= 0.3 is 0 Å². The highest BCUT2D eigenvalue weighted by Gasteiger charge is 2.20. The minimum Gasteiger partial charge on any atom is -0.456 e. The van der Waals surface area contributed by atoms with Gasteiger partial charge in [0.05, 0.1) is 0 Å². The van der Waals surface area contributed by atoms with Crippen LogP contribution in [0.2, 0.25) is 0 Å². The molecule has 0 aliphatic carbocycles. The van der Waals surface area contributed by atoms with Gasteiger partial charge < -0.3 is 4.42 Å². The zero-order chi connectivity index (χ0) is 37.5. The molecule has 0 atom stereocenters. The van der Waals surface area contributed by atoms with E-state index in [2.05, 4.69) is 115 Å². The number of furan rings is 1. The van der Waals surface area contributed by atoms with E-state index in [-0.39, 0.29) is 0 Å². The Morgan fingerprint density at radius 1 is 0.333 bits per heavy atom. The summed E-state index contributed by atoms with van der Waals surface area (Å²) in [6, 6.07) is 62.0. The summed E-state index contributed by atoms with van der Waals surface area (Å²) >= 11 is 3.77. The Morgan fingerprint density at radius 2 is 0.912 bits per heavy atom. The molecular formula is C51H29N3OS2. The third-order valence-corrected chi connectivity index (χ3v) is 13.4. The number of hydrogen-bond donors (Lipinski definition) is 0. The second kappa shape index (κ2) is 12.8. The molecule has 57 heavy (non-hydrogen) atoms. The number of benzene rings is 8. The molecule has 0 aliphatic heterocycles. The van der Waals surface area contributed by atoms with Crippen LogP contribution in [-0.4, -0.2) is 15.0 Å². The first-order chi connectivity index (χ1) is 28.2. The molecule has 0 aliphatic rings. The summed E-state index contributed by atoms with van der Waals surface area (Å²) in [4.78, 5) is 14.8. The molecule has 0 spiro atoms. The van der Waals surface area contributed by atoms with E-state index in [1.54, 1.807) is 0 Å². The van der Waals surface area contributed by atoms with Gasteiger partial charge in [0.2, 0.25) is 0 Å². The van der Waals surface area contributed by atoms with Crippen molar-refractivity contribution < 1.29 is 4.42 Å². The normalized spacial score (nSPS) is 11.9. The standard InChI is InChI=1S/C51H29N3OS2/c1-3-12-30(13-4-1)49-52-50(31-14-5-2-6-15-31)54-51(53-49)33-22-24-35-41-28-32(23-27-42(41)55-43(35)29-33)34-25-26-39(48-46(34)40-17-8-10-21-45(40)57-48)38-19-11-18-37-36-16-7-9-20-44(36)56-47(37)38/h1-29H. The van der Waals surface area contributed by atoms with Crippen LogP contribution >= 0.6 is 22.7 Å². The highest BCUT2D eigenvalue weighted by Crippen LogP contribution is 2.48. The van der Waals surface area contributed by atoms with Gasteiger partial charge in [-0.25, -0.2) is 15.0 Å². The number of hydrogen-bond acceptors (Lipinski definition) is 6. The van der Waals surface area contributed by atoms with Crippen LogP contribution in [-0.2, 0) is 0 Å². The van der Waals surface area contributed by atoms with Crippen LogP contribution in [0.3, 0.4) is 0 Å². The molecule has 266 valence electrons. The molecule has 0 N–H and O–H groups in total. The lowest BCUT2D eigenvalue weighted by atomic mass is 9.93. The molecule has 8 aromatic carbocycles. The molecule has 0 saturated carbocycles. The predicted octanol–water partition coefficient (Wildman–Crippen LogP) is 14.8. The molecule has 0 amide bonds. The smallest absolute Gasteiger partial charge is 0.164 e. The van der Waals surface area contributed by atoms with Crippen molar-refractivity contribution in [2.45, 2.75) is 0 Å². The summed E-state index contributed by atoms with van der Waals surface area (Å²) in [5.74, 6) is 1.86. The van der Waals surface area contributed by atoms with Crippen molar-refractivity contribution in [2.75, 3.05) is 0 Å². The Balaban J connectivity index is 1.00. The van der Waals surface area contributed by atoms with E-state index in [1.165, 1.54) is 57.0 Å². The predicted molar refractivity (Wildman–Crippen MR) is 240 cm³/mol. The van der Waals surface area contributed by atoms with Crippen molar-refractivity contribution in [1.29, 1.82) is 0 Å². The molecule has 12 aromatic rings. The minimum absolute atomic E-state index is 0.601. The fraction of sp³-hybridized carbons (Fsp3) is 0. The van der Waals surface area contributed by atoms with Gasteiger partial charge in [-0.3, -0.25) is 0 Å². The summed E-state index contributed by atoms with van der Waals surface area (Å²) in [5, 5.41) is 7.33. The summed E-state index contributed by atoms with van der Waals surface area (Å²) in [6.07, 6.45) is 0. The lowest BCUT2D eigenvalue weighted by Crippen LogP contribution is -2.00. The average molecular weight is 764 g/mol. The van der Waals surface area contributed by atoms with E-state index >= 15 is 0 Å². The van der Waals surface area contributed by atoms with E-state index in [0.717, 1.165) is 44.2 Å². The molecule has 12 rings (SSSR count). The van der Waals surface area contributed by atoms with Gasteiger partial charge in [-0.2, -0.15) is 0 Å². The van der Waals surface area contributed by atoms with Crippen LogP contribution in [0, 0.1) is 0 Å². The molecule has 0 unspecified atom stereocenters. The molecule has 0 fully saturated rings. The number of aromatic nitrogens is 3. The monoisotopic (exact) mass is 763 g/mol. The Hall–Kier alpha value is -6.99. The first-order valence-electron chi connectivity index (χ1n) is 18.9. The molecule has 6 heteroatoms. The quantitative estimate of drug-likeness (QED) is 0.175. The van der Waals surface area contributed by atoms with Crippen LogP contribution < -0.4 is 0 Å². The first kappa shape index (κ1) is 32.3. The Bertz CT molecular complexity index is 3470. The zero-order valence-electron chi connectivity index (χ0n) is 30.3. The number of thiophene rings is 2. The Kier molecular flexibility index (Phi) is 7.24. The van der Waals surface area contributed by atoms with Gasteiger partial charge in [-0.1, -0.05) is 140 Å². The Morgan fingerprint density at radius 3 is 1.67 bits per heavy atom. The number of fused-ring (bicyclic) bond motifs is 9. The van der Waals surface area contributed by atoms with E-state index in [9.17, 15) is 0 Å². The van der Waals surface area contributed by atoms with Crippen molar-refractivity contribution in [3.05, 3.63) is 176 Å². The van der Waals surface area contributed by atoms with Gasteiger partial charge in [-0.15, -0.1) is 22.7 Å². The van der Waals surface area contributed by atoms with E-state index in [1.807, 2.05) is 83.3 Å². The van der Waals surface area contributed by atoms with Crippen LogP contribution in [0.1, 0.15) is 0 Å². The minimum atomic E-state index is 0.601. The highest BCUT2D eigenvalue weighted by atomic mass is 32.1. The number of nitrogens with zero attached hydrogens (tertiary/aromatic N) is 3. The van der Waals surface area contributed by atoms with Gasteiger partial charge in [0.25, 0.3) is 0 Å². The number of rotatable bonds is 5. The maximum atomic E-state index is 6.55. The summed E-state index contributed by atoms with van der Waals surface area (Å²) in [7, 11) is 0. The van der Waals surface area contributed by atoms with E-state index in [0.29, 0.717) is 17.5 Å². The van der Waals surface area contributed by atoms with Crippen molar-refractivity contribution in [1.82, 2.24) is 15.0 Å². The van der Waals surface area contributed by atoms with Gasteiger partial charge in [0.1, 0.15) is 11.2 Å². The van der Waals surface area contributed by atoms with Crippen molar-refractivity contribution >= 4 is 85.0 Å². The fourth-order valence-corrected chi connectivity index (χ4v) is 10.7. The maximum Gasteiger partial charge on any atom is 0.164 e. The van der Waals surface area contributed by atoms with E-state index < -0.39 is 0 Å². The Labute approximate surface area is 335 Å². The highest BCUT2D eigenvalue weighted by molar-refractivity contribution is 7.27. The topological polar surface area (TPSA) is 51.8 Å². The van der Waals surface area contributed by atoms with Crippen LogP contribution in [0.25, 0.3) is 119 Å². The SMILES string of the molecule is c1ccc(-c2nc(-c3ccccc3)nc(-c3ccc4c(c3)oc3ccc(-c5ccc(-c6cccc7c6sc6ccccc67)c6sc7ccccc7c56)cc34)n2)cc1. The summed E-state index contributed by atoms with van der Waals surface area (Å²) in [6.45, 7) is 0. The van der Waals surface area contributed by atoms with Crippen LogP contribution in [0.15, 0.2) is 180 Å². The fourth-order valence-electron chi connectivity index (χ4n) is 8.26. The molecule has 4 heterocycles. The van der Waals surface area contributed by atoms with Gasteiger partial charge in [-0.05, 0) is 47.5 Å².